The zero-order chi connectivity index (χ0) is 17.1. The van der Waals surface area contributed by atoms with Crippen LogP contribution in [0.3, 0.4) is 0 Å². The third-order valence-corrected chi connectivity index (χ3v) is 4.58. The summed E-state index contributed by atoms with van der Waals surface area (Å²) in [4.78, 5) is 36.4. The number of rotatable bonds is 5. The van der Waals surface area contributed by atoms with Gasteiger partial charge in [-0.15, -0.1) is 0 Å². The number of carbonyl (C=O) groups is 3. The van der Waals surface area contributed by atoms with Gasteiger partial charge >= 0.3 is 0 Å². The summed E-state index contributed by atoms with van der Waals surface area (Å²) in [5, 5.41) is 6.71. The highest BCUT2D eigenvalue weighted by Crippen LogP contribution is 2.18. The van der Waals surface area contributed by atoms with Crippen LogP contribution in [0.2, 0.25) is 0 Å². The van der Waals surface area contributed by atoms with E-state index < -0.39 is 0 Å². The van der Waals surface area contributed by atoms with E-state index in [0.29, 0.717) is 5.56 Å². The van der Waals surface area contributed by atoms with E-state index in [1.54, 1.807) is 4.68 Å². The molecule has 1 fully saturated rings. The Morgan fingerprint density at radius 1 is 1.29 bits per heavy atom. The summed E-state index contributed by atoms with van der Waals surface area (Å²) in [6.45, 7) is 2.22. The summed E-state index contributed by atoms with van der Waals surface area (Å²) >= 11 is 0.984. The number of amides is 3. The summed E-state index contributed by atoms with van der Waals surface area (Å²) in [7, 11) is 0. The predicted octanol–water partition coefficient (Wildman–Crippen LogP) is 1.61. The number of carbonyl (C=O) groups excluding carboxylic acids is 3. The molecule has 3 rings (SSSR count). The Labute approximate surface area is 143 Å². The van der Waals surface area contributed by atoms with Crippen molar-refractivity contribution in [1.82, 2.24) is 20.0 Å². The minimum atomic E-state index is -0.276. The van der Waals surface area contributed by atoms with E-state index in [0.717, 1.165) is 28.0 Å². The van der Waals surface area contributed by atoms with E-state index in [-0.39, 0.29) is 35.9 Å². The van der Waals surface area contributed by atoms with Crippen molar-refractivity contribution >= 4 is 28.8 Å². The Balaban J connectivity index is 1.63. The minimum absolute atomic E-state index is 0.176. The van der Waals surface area contributed by atoms with Crippen molar-refractivity contribution in [1.29, 1.82) is 0 Å². The first kappa shape index (κ1) is 16.3. The Hall–Kier alpha value is -2.61. The maximum absolute atomic E-state index is 12.3. The van der Waals surface area contributed by atoms with Crippen molar-refractivity contribution in [3.05, 3.63) is 47.8 Å². The molecule has 7 nitrogen and oxygen atoms in total. The van der Waals surface area contributed by atoms with Crippen LogP contribution in [0.5, 0.6) is 0 Å². The van der Waals surface area contributed by atoms with Gasteiger partial charge in [0.2, 0.25) is 5.91 Å². The van der Waals surface area contributed by atoms with Gasteiger partial charge in [0.15, 0.2) is 0 Å². The molecular formula is C16H16N4O3S. The molecule has 0 unspecified atom stereocenters. The number of imide groups is 1. The van der Waals surface area contributed by atoms with Crippen molar-refractivity contribution in [3.63, 3.8) is 0 Å². The predicted molar refractivity (Wildman–Crippen MR) is 90.2 cm³/mol. The van der Waals surface area contributed by atoms with Crippen molar-refractivity contribution in [2.75, 3.05) is 18.8 Å². The first-order valence-electron chi connectivity index (χ1n) is 7.43. The number of hydrogen-bond donors (Lipinski definition) is 1. The van der Waals surface area contributed by atoms with Crippen LogP contribution in [0, 0.1) is 6.92 Å². The Morgan fingerprint density at radius 2 is 2.04 bits per heavy atom. The number of nitrogens with one attached hydrogen (secondary N) is 1. The van der Waals surface area contributed by atoms with Gasteiger partial charge in [0.1, 0.15) is 0 Å². The van der Waals surface area contributed by atoms with Crippen LogP contribution in [0.15, 0.2) is 36.5 Å². The summed E-state index contributed by atoms with van der Waals surface area (Å²) < 4.78 is 1.69. The maximum Gasteiger partial charge on any atom is 0.288 e. The molecule has 0 saturated carbocycles. The van der Waals surface area contributed by atoms with Crippen molar-refractivity contribution < 1.29 is 14.4 Å². The molecule has 1 aromatic carbocycles. The number of benzene rings is 1. The normalized spacial score (nSPS) is 14.3. The topological polar surface area (TPSA) is 84.3 Å². The number of nitrogens with zero attached hydrogens (tertiary/aromatic N) is 3. The van der Waals surface area contributed by atoms with E-state index >= 15 is 0 Å². The lowest BCUT2D eigenvalue weighted by Crippen LogP contribution is -2.37. The molecule has 2 heterocycles. The lowest BCUT2D eigenvalue weighted by Gasteiger charge is -2.13. The highest BCUT2D eigenvalue weighted by Gasteiger charge is 2.29. The average Bonchev–Trinajstić information content (AvgIpc) is 3.12. The summed E-state index contributed by atoms with van der Waals surface area (Å²) in [6.07, 6.45) is 1.51. The fourth-order valence-electron chi connectivity index (χ4n) is 2.44. The molecular weight excluding hydrogens is 328 g/mol. The molecule has 1 saturated heterocycles. The van der Waals surface area contributed by atoms with Gasteiger partial charge in [0.05, 0.1) is 28.9 Å². The van der Waals surface area contributed by atoms with Gasteiger partial charge in [0.25, 0.3) is 11.1 Å². The van der Waals surface area contributed by atoms with E-state index in [9.17, 15) is 14.4 Å². The molecule has 124 valence electrons. The largest absolute Gasteiger partial charge is 0.350 e. The van der Waals surface area contributed by atoms with Gasteiger partial charge in [-0.25, -0.2) is 4.68 Å². The van der Waals surface area contributed by atoms with E-state index in [1.807, 2.05) is 37.3 Å². The third kappa shape index (κ3) is 3.18. The second-order valence-electron chi connectivity index (χ2n) is 5.25. The van der Waals surface area contributed by atoms with E-state index in [4.69, 9.17) is 0 Å². The highest BCUT2D eigenvalue weighted by atomic mass is 32.2. The fourth-order valence-corrected chi connectivity index (χ4v) is 3.19. The van der Waals surface area contributed by atoms with Crippen molar-refractivity contribution in [3.8, 4) is 5.69 Å². The monoisotopic (exact) mass is 344 g/mol. The second kappa shape index (κ2) is 6.88. The van der Waals surface area contributed by atoms with E-state index in [2.05, 4.69) is 10.4 Å². The highest BCUT2D eigenvalue weighted by molar-refractivity contribution is 8.14. The lowest BCUT2D eigenvalue weighted by atomic mass is 10.2. The third-order valence-electron chi connectivity index (χ3n) is 3.72. The number of hydrogen-bond acceptors (Lipinski definition) is 5. The van der Waals surface area contributed by atoms with Gasteiger partial charge in [-0.1, -0.05) is 30.0 Å². The fraction of sp³-hybridized carbons (Fsp3) is 0.250. The molecule has 3 amide bonds. The standard InChI is InChI=1S/C16H16N4O3S/c1-11-13(9-18-20(11)12-5-3-2-4-6-12)15(22)17-7-8-19-14(21)10-24-16(19)23/h2-6,9H,7-8,10H2,1H3,(H,17,22). The van der Waals surface area contributed by atoms with E-state index in [1.165, 1.54) is 6.20 Å². The van der Waals surface area contributed by atoms with Gasteiger partial charge in [-0.2, -0.15) is 5.10 Å². The first-order valence-corrected chi connectivity index (χ1v) is 8.42. The number of thioether (sulfide) groups is 1. The summed E-state index contributed by atoms with van der Waals surface area (Å²) in [5.41, 5.74) is 2.06. The quantitative estimate of drug-likeness (QED) is 0.891. The molecule has 1 aliphatic heterocycles. The van der Waals surface area contributed by atoms with Gasteiger partial charge in [-0.05, 0) is 19.1 Å². The molecule has 0 radical (unpaired) electrons. The first-order chi connectivity index (χ1) is 11.6. The van der Waals surface area contributed by atoms with Crippen LogP contribution in [-0.2, 0) is 4.79 Å². The van der Waals surface area contributed by atoms with Crippen LogP contribution in [-0.4, -0.2) is 50.6 Å². The zero-order valence-corrected chi connectivity index (χ0v) is 13.9. The van der Waals surface area contributed by atoms with Crippen LogP contribution < -0.4 is 5.32 Å². The molecule has 24 heavy (non-hydrogen) atoms. The van der Waals surface area contributed by atoms with Gasteiger partial charge in [0, 0.05) is 13.1 Å². The summed E-state index contributed by atoms with van der Waals surface area (Å²) in [6, 6.07) is 9.53. The zero-order valence-electron chi connectivity index (χ0n) is 13.1. The van der Waals surface area contributed by atoms with Gasteiger partial charge in [-0.3, -0.25) is 19.3 Å². The van der Waals surface area contributed by atoms with Crippen LogP contribution in [0.25, 0.3) is 5.69 Å². The molecule has 0 bridgehead atoms. The number of para-hydroxylation sites is 1. The molecule has 0 aliphatic carbocycles. The van der Waals surface area contributed by atoms with Crippen molar-refractivity contribution in [2.24, 2.45) is 0 Å². The molecule has 0 spiro atoms. The SMILES string of the molecule is Cc1c(C(=O)NCCN2C(=O)CSC2=O)cnn1-c1ccccc1. The molecule has 1 N–H and O–H groups in total. The van der Waals surface area contributed by atoms with Crippen LogP contribution >= 0.6 is 11.8 Å². The van der Waals surface area contributed by atoms with Crippen LogP contribution in [0.4, 0.5) is 4.79 Å². The maximum atomic E-state index is 12.3. The smallest absolute Gasteiger partial charge is 0.288 e. The second-order valence-corrected chi connectivity index (χ2v) is 6.17. The van der Waals surface area contributed by atoms with Crippen LogP contribution in [0.1, 0.15) is 16.1 Å². The molecule has 8 heteroatoms. The summed E-state index contributed by atoms with van der Waals surface area (Å²) in [5.74, 6) is -0.316. The molecule has 2 aromatic rings. The molecule has 1 aliphatic rings. The average molecular weight is 344 g/mol. The van der Waals surface area contributed by atoms with Gasteiger partial charge < -0.3 is 5.32 Å². The Morgan fingerprint density at radius 3 is 2.71 bits per heavy atom. The molecule has 0 atom stereocenters. The minimum Gasteiger partial charge on any atom is -0.350 e. The van der Waals surface area contributed by atoms with Crippen molar-refractivity contribution in [2.45, 2.75) is 6.92 Å². The number of aromatic nitrogens is 2. The molecule has 1 aromatic heterocycles. The lowest BCUT2D eigenvalue weighted by molar-refractivity contribution is -0.124. The Bertz CT molecular complexity index is 772. The Kier molecular flexibility index (Phi) is 4.66.